The number of amides is 2. The highest BCUT2D eigenvalue weighted by Crippen LogP contribution is 2.02. The molecular formula is C16H25FN4O. The van der Waals surface area contributed by atoms with Crippen molar-refractivity contribution < 1.29 is 9.18 Å². The topological polar surface area (TPSA) is 47.6 Å². The molecule has 0 unspecified atom stereocenters. The van der Waals surface area contributed by atoms with Crippen LogP contribution in [0.1, 0.15) is 12.0 Å². The van der Waals surface area contributed by atoms with E-state index in [0.29, 0.717) is 13.1 Å². The first-order chi connectivity index (χ1) is 10.6. The molecule has 1 aromatic carbocycles. The van der Waals surface area contributed by atoms with Crippen LogP contribution in [0.15, 0.2) is 24.3 Å². The number of benzene rings is 1. The summed E-state index contributed by atoms with van der Waals surface area (Å²) in [6.07, 6.45) is 0.952. The first-order valence-corrected chi connectivity index (χ1v) is 7.80. The van der Waals surface area contributed by atoms with Gasteiger partial charge in [-0.1, -0.05) is 12.1 Å². The van der Waals surface area contributed by atoms with Gasteiger partial charge in [-0.15, -0.1) is 0 Å². The van der Waals surface area contributed by atoms with Crippen molar-refractivity contribution in [1.82, 2.24) is 20.4 Å². The fourth-order valence-corrected chi connectivity index (χ4v) is 2.42. The van der Waals surface area contributed by atoms with Gasteiger partial charge in [-0.2, -0.15) is 0 Å². The Morgan fingerprint density at radius 2 is 1.82 bits per heavy atom. The number of hydrogen-bond acceptors (Lipinski definition) is 3. The molecule has 2 amide bonds. The summed E-state index contributed by atoms with van der Waals surface area (Å²) in [5.41, 5.74) is 0.883. The van der Waals surface area contributed by atoms with Crippen LogP contribution in [0.2, 0.25) is 0 Å². The highest BCUT2D eigenvalue weighted by molar-refractivity contribution is 5.73. The maximum Gasteiger partial charge on any atom is 0.315 e. The molecule has 22 heavy (non-hydrogen) atoms. The molecule has 1 aliphatic heterocycles. The fraction of sp³-hybridized carbons (Fsp3) is 0.562. The Morgan fingerprint density at radius 3 is 2.50 bits per heavy atom. The summed E-state index contributed by atoms with van der Waals surface area (Å²) in [5, 5.41) is 5.62. The molecule has 122 valence electrons. The average Bonchev–Trinajstić information content (AvgIpc) is 2.53. The van der Waals surface area contributed by atoms with Gasteiger partial charge in [0.15, 0.2) is 0 Å². The predicted molar refractivity (Wildman–Crippen MR) is 85.2 cm³/mol. The molecular weight excluding hydrogens is 283 g/mol. The summed E-state index contributed by atoms with van der Waals surface area (Å²) in [4.78, 5) is 16.4. The number of carbonyl (C=O) groups excluding carboxylic acids is 1. The van der Waals surface area contributed by atoms with Gasteiger partial charge in [0.2, 0.25) is 0 Å². The second-order valence-electron chi connectivity index (χ2n) is 5.73. The summed E-state index contributed by atoms with van der Waals surface area (Å²) < 4.78 is 12.8. The summed E-state index contributed by atoms with van der Waals surface area (Å²) in [6.45, 7) is 6.54. The molecule has 2 rings (SSSR count). The second kappa shape index (κ2) is 8.70. The van der Waals surface area contributed by atoms with E-state index in [1.165, 1.54) is 12.1 Å². The maximum absolute atomic E-state index is 12.8. The number of urea groups is 1. The highest BCUT2D eigenvalue weighted by Gasteiger charge is 2.12. The van der Waals surface area contributed by atoms with E-state index in [-0.39, 0.29) is 11.8 Å². The Kier molecular flexibility index (Phi) is 6.61. The van der Waals surface area contributed by atoms with Gasteiger partial charge in [0.25, 0.3) is 0 Å². The Hall–Kier alpha value is -1.66. The Balaban J connectivity index is 1.53. The predicted octanol–water partition coefficient (Wildman–Crippen LogP) is 1.26. The van der Waals surface area contributed by atoms with Gasteiger partial charge in [-0.25, -0.2) is 9.18 Å². The third-order valence-electron chi connectivity index (χ3n) is 3.90. The summed E-state index contributed by atoms with van der Waals surface area (Å²) >= 11 is 0. The molecule has 1 aromatic rings. The highest BCUT2D eigenvalue weighted by atomic mass is 19.1. The zero-order valence-corrected chi connectivity index (χ0v) is 13.1. The van der Waals surface area contributed by atoms with Crippen molar-refractivity contribution in [1.29, 1.82) is 0 Å². The molecule has 0 aliphatic carbocycles. The van der Waals surface area contributed by atoms with Gasteiger partial charge >= 0.3 is 6.03 Å². The van der Waals surface area contributed by atoms with Gasteiger partial charge in [-0.3, -0.25) is 0 Å². The van der Waals surface area contributed by atoms with E-state index in [2.05, 4.69) is 27.5 Å². The monoisotopic (exact) mass is 308 g/mol. The van der Waals surface area contributed by atoms with Crippen LogP contribution in [0.3, 0.4) is 0 Å². The lowest BCUT2D eigenvalue weighted by Crippen LogP contribution is -2.45. The van der Waals surface area contributed by atoms with Crippen LogP contribution >= 0.6 is 0 Å². The number of rotatable bonds is 6. The van der Waals surface area contributed by atoms with Crippen molar-refractivity contribution in [3.05, 3.63) is 35.6 Å². The Morgan fingerprint density at radius 1 is 1.14 bits per heavy atom. The van der Waals surface area contributed by atoms with Gasteiger partial charge in [0.05, 0.1) is 0 Å². The number of likely N-dealkylation sites (N-methyl/N-ethyl adjacent to an activating group) is 1. The van der Waals surface area contributed by atoms with Crippen LogP contribution in [-0.2, 0) is 6.54 Å². The fourth-order valence-electron chi connectivity index (χ4n) is 2.42. The number of piperazine rings is 1. The van der Waals surface area contributed by atoms with Crippen molar-refractivity contribution >= 4 is 6.03 Å². The molecule has 1 aliphatic rings. The lowest BCUT2D eigenvalue weighted by molar-refractivity contribution is 0.153. The van der Waals surface area contributed by atoms with E-state index >= 15 is 0 Å². The van der Waals surface area contributed by atoms with Gasteiger partial charge in [0, 0.05) is 39.3 Å². The third-order valence-corrected chi connectivity index (χ3v) is 3.90. The Labute approximate surface area is 131 Å². The second-order valence-corrected chi connectivity index (χ2v) is 5.73. The quantitative estimate of drug-likeness (QED) is 0.778. The number of halogens is 1. The molecule has 0 aromatic heterocycles. The zero-order chi connectivity index (χ0) is 15.8. The molecule has 6 heteroatoms. The molecule has 1 heterocycles. The van der Waals surface area contributed by atoms with Gasteiger partial charge in [-0.05, 0) is 37.7 Å². The van der Waals surface area contributed by atoms with E-state index in [0.717, 1.165) is 44.7 Å². The van der Waals surface area contributed by atoms with E-state index < -0.39 is 0 Å². The zero-order valence-electron chi connectivity index (χ0n) is 13.1. The van der Waals surface area contributed by atoms with Crippen LogP contribution in [0.25, 0.3) is 0 Å². The molecule has 0 bridgehead atoms. The lowest BCUT2D eigenvalue weighted by atomic mass is 10.2. The SMILES string of the molecule is CN1CCN(CCCNC(=O)NCc2ccc(F)cc2)CC1. The van der Waals surface area contributed by atoms with E-state index in [1.54, 1.807) is 12.1 Å². The van der Waals surface area contributed by atoms with Crippen LogP contribution < -0.4 is 10.6 Å². The van der Waals surface area contributed by atoms with Crippen molar-refractivity contribution in [3.63, 3.8) is 0 Å². The summed E-state index contributed by atoms with van der Waals surface area (Å²) in [6, 6.07) is 5.95. The van der Waals surface area contributed by atoms with E-state index in [1.807, 2.05) is 0 Å². The average molecular weight is 308 g/mol. The minimum absolute atomic E-state index is 0.178. The van der Waals surface area contributed by atoms with Crippen LogP contribution in [0.4, 0.5) is 9.18 Å². The first-order valence-electron chi connectivity index (χ1n) is 7.80. The largest absolute Gasteiger partial charge is 0.338 e. The van der Waals surface area contributed by atoms with Crippen LogP contribution in [0.5, 0.6) is 0 Å². The minimum Gasteiger partial charge on any atom is -0.338 e. The standard InChI is InChI=1S/C16H25FN4O/c1-20-9-11-21(12-10-20)8-2-7-18-16(22)19-13-14-3-5-15(17)6-4-14/h3-6H,2,7-13H2,1H3,(H2,18,19,22). The molecule has 0 atom stereocenters. The third kappa shape index (κ3) is 5.99. The summed E-state index contributed by atoms with van der Waals surface area (Å²) in [7, 11) is 2.14. The molecule has 2 N–H and O–H groups in total. The molecule has 0 spiro atoms. The van der Waals surface area contributed by atoms with Crippen molar-refractivity contribution in [2.75, 3.05) is 46.3 Å². The molecule has 0 radical (unpaired) electrons. The molecule has 0 saturated carbocycles. The maximum atomic E-state index is 12.8. The summed E-state index contributed by atoms with van der Waals surface area (Å²) in [5.74, 6) is -0.267. The molecule has 1 saturated heterocycles. The van der Waals surface area contributed by atoms with E-state index in [4.69, 9.17) is 0 Å². The normalized spacial score (nSPS) is 16.5. The van der Waals surface area contributed by atoms with Gasteiger partial charge in [0.1, 0.15) is 5.82 Å². The molecule has 1 fully saturated rings. The van der Waals surface area contributed by atoms with Crippen LogP contribution in [0, 0.1) is 5.82 Å². The number of nitrogens with one attached hydrogen (secondary N) is 2. The van der Waals surface area contributed by atoms with Crippen molar-refractivity contribution in [2.24, 2.45) is 0 Å². The van der Waals surface area contributed by atoms with Crippen LogP contribution in [-0.4, -0.2) is 62.1 Å². The van der Waals surface area contributed by atoms with E-state index in [9.17, 15) is 9.18 Å². The number of nitrogens with zero attached hydrogens (tertiary/aromatic N) is 2. The minimum atomic E-state index is -0.267. The Bertz CT molecular complexity index is 458. The molecule has 5 nitrogen and oxygen atoms in total. The smallest absolute Gasteiger partial charge is 0.315 e. The number of hydrogen-bond donors (Lipinski definition) is 2. The lowest BCUT2D eigenvalue weighted by Gasteiger charge is -2.32. The number of carbonyl (C=O) groups is 1. The van der Waals surface area contributed by atoms with Crippen molar-refractivity contribution in [3.8, 4) is 0 Å². The van der Waals surface area contributed by atoms with Crippen molar-refractivity contribution in [2.45, 2.75) is 13.0 Å². The first kappa shape index (κ1) is 16.7. The van der Waals surface area contributed by atoms with Gasteiger partial charge < -0.3 is 20.4 Å².